The van der Waals surface area contributed by atoms with Crippen molar-refractivity contribution in [3.8, 4) is 11.5 Å². The highest BCUT2D eigenvalue weighted by Crippen LogP contribution is 2.38. The fraction of sp³-hybridized carbons (Fsp3) is 0.520. The molecule has 1 heterocycles. The van der Waals surface area contributed by atoms with Gasteiger partial charge in [-0.15, -0.1) is 0 Å². The van der Waals surface area contributed by atoms with E-state index in [0.717, 1.165) is 55.5 Å². The summed E-state index contributed by atoms with van der Waals surface area (Å²) in [6.45, 7) is 1.58. The van der Waals surface area contributed by atoms with Gasteiger partial charge in [-0.2, -0.15) is 13.2 Å². The zero-order valence-corrected chi connectivity index (χ0v) is 18.9. The maximum atomic E-state index is 13.1. The van der Waals surface area contributed by atoms with Gasteiger partial charge in [-0.1, -0.05) is 17.7 Å². The van der Waals surface area contributed by atoms with Crippen molar-refractivity contribution in [2.75, 3.05) is 20.2 Å². The van der Waals surface area contributed by atoms with Gasteiger partial charge < -0.3 is 14.8 Å². The van der Waals surface area contributed by atoms with Gasteiger partial charge in [0.15, 0.2) is 11.5 Å². The Morgan fingerprint density at radius 1 is 1.03 bits per heavy atom. The van der Waals surface area contributed by atoms with Crippen molar-refractivity contribution in [2.24, 2.45) is 5.92 Å². The topological polar surface area (TPSA) is 30.5 Å². The van der Waals surface area contributed by atoms with E-state index in [0.29, 0.717) is 17.0 Å². The summed E-state index contributed by atoms with van der Waals surface area (Å²) in [6, 6.07) is 9.66. The summed E-state index contributed by atoms with van der Waals surface area (Å²) in [5, 5.41) is 3.84. The molecule has 0 unspecified atom stereocenters. The third kappa shape index (κ3) is 5.52. The number of alkyl halides is 3. The number of halogens is 4. The molecule has 2 atom stereocenters. The van der Waals surface area contributed by atoms with E-state index in [4.69, 9.17) is 21.1 Å². The van der Waals surface area contributed by atoms with Crippen LogP contribution in [0.5, 0.6) is 11.5 Å². The molecule has 0 aromatic heterocycles. The fourth-order valence-electron chi connectivity index (χ4n) is 4.88. The number of hydrogen-bond acceptors (Lipinski definition) is 3. The molecular weight excluding hydrogens is 439 g/mol. The standard InChI is InChI=1S/C25H29ClF3NO2/c1-31-23-9-6-17(13-24(23)32-21-4-2-3-5-21)19-11-16(14-30-15-19)10-18-12-20(25(27,28)29)7-8-22(18)26/h6-9,12-13,16,19,21,30H,2-5,10-11,14-15H2,1H3/t16-,19-/m1/s1. The maximum absolute atomic E-state index is 13.1. The number of benzene rings is 2. The molecule has 2 aromatic carbocycles. The lowest BCUT2D eigenvalue weighted by atomic mass is 9.82. The van der Waals surface area contributed by atoms with E-state index in [1.54, 1.807) is 7.11 Å². The summed E-state index contributed by atoms with van der Waals surface area (Å²) in [4.78, 5) is 0. The van der Waals surface area contributed by atoms with Crippen LogP contribution in [0, 0.1) is 5.92 Å². The molecule has 1 saturated heterocycles. The van der Waals surface area contributed by atoms with E-state index in [9.17, 15) is 13.2 Å². The van der Waals surface area contributed by atoms with E-state index in [1.807, 2.05) is 6.07 Å². The van der Waals surface area contributed by atoms with Gasteiger partial charge in [0.05, 0.1) is 18.8 Å². The van der Waals surface area contributed by atoms with Crippen molar-refractivity contribution >= 4 is 11.6 Å². The Morgan fingerprint density at radius 2 is 1.81 bits per heavy atom. The van der Waals surface area contributed by atoms with Crippen LogP contribution in [-0.4, -0.2) is 26.3 Å². The van der Waals surface area contributed by atoms with Crippen molar-refractivity contribution < 1.29 is 22.6 Å². The van der Waals surface area contributed by atoms with Crippen LogP contribution < -0.4 is 14.8 Å². The minimum absolute atomic E-state index is 0.191. The van der Waals surface area contributed by atoms with Gasteiger partial charge in [0, 0.05) is 11.6 Å². The molecule has 1 aliphatic carbocycles. The molecule has 2 fully saturated rings. The van der Waals surface area contributed by atoms with Crippen molar-refractivity contribution in [3.63, 3.8) is 0 Å². The molecule has 32 heavy (non-hydrogen) atoms. The van der Waals surface area contributed by atoms with Crippen LogP contribution in [0.3, 0.4) is 0 Å². The van der Waals surface area contributed by atoms with E-state index < -0.39 is 11.7 Å². The monoisotopic (exact) mass is 467 g/mol. The Morgan fingerprint density at radius 3 is 2.53 bits per heavy atom. The van der Waals surface area contributed by atoms with Crippen molar-refractivity contribution in [1.82, 2.24) is 5.32 Å². The molecule has 1 aliphatic heterocycles. The van der Waals surface area contributed by atoms with Crippen LogP contribution in [0.1, 0.15) is 54.7 Å². The van der Waals surface area contributed by atoms with Gasteiger partial charge in [0.2, 0.25) is 0 Å². The molecular formula is C25H29ClF3NO2. The SMILES string of the molecule is COc1ccc([C@H]2CNC[C@H](Cc3cc(C(F)(F)F)ccc3Cl)C2)cc1OC1CCCC1. The summed E-state index contributed by atoms with van der Waals surface area (Å²) in [5.74, 6) is 1.95. The van der Waals surface area contributed by atoms with Crippen molar-refractivity contribution in [1.29, 1.82) is 0 Å². The molecule has 0 amide bonds. The second-order valence-electron chi connectivity index (χ2n) is 8.90. The second-order valence-corrected chi connectivity index (χ2v) is 9.31. The lowest BCUT2D eigenvalue weighted by Gasteiger charge is -2.31. The van der Waals surface area contributed by atoms with Gasteiger partial charge in [-0.25, -0.2) is 0 Å². The lowest BCUT2D eigenvalue weighted by Crippen LogP contribution is -2.36. The van der Waals surface area contributed by atoms with Crippen molar-refractivity contribution in [3.05, 3.63) is 58.1 Å². The van der Waals surface area contributed by atoms with E-state index in [2.05, 4.69) is 17.4 Å². The molecule has 0 bridgehead atoms. The van der Waals surface area contributed by atoms with Crippen LogP contribution in [0.2, 0.25) is 5.02 Å². The molecule has 4 rings (SSSR count). The first-order chi connectivity index (χ1) is 15.3. The highest BCUT2D eigenvalue weighted by Gasteiger charge is 2.32. The molecule has 0 radical (unpaired) electrons. The number of rotatable bonds is 6. The smallest absolute Gasteiger partial charge is 0.416 e. The summed E-state index contributed by atoms with van der Waals surface area (Å²) in [5.41, 5.74) is 1.06. The third-order valence-corrected chi connectivity index (χ3v) is 6.95. The fourth-order valence-corrected chi connectivity index (χ4v) is 5.08. The van der Waals surface area contributed by atoms with Gasteiger partial charge in [0.1, 0.15) is 0 Å². The van der Waals surface area contributed by atoms with E-state index >= 15 is 0 Å². The first-order valence-corrected chi connectivity index (χ1v) is 11.6. The third-order valence-electron chi connectivity index (χ3n) is 6.58. The Balaban J connectivity index is 1.48. The highest BCUT2D eigenvalue weighted by molar-refractivity contribution is 6.31. The van der Waals surface area contributed by atoms with Crippen LogP contribution in [0.4, 0.5) is 13.2 Å². The van der Waals surface area contributed by atoms with Crippen LogP contribution in [-0.2, 0) is 12.6 Å². The molecule has 2 aliphatic rings. The van der Waals surface area contributed by atoms with E-state index in [1.165, 1.54) is 25.0 Å². The molecule has 174 valence electrons. The zero-order chi connectivity index (χ0) is 22.7. The zero-order valence-electron chi connectivity index (χ0n) is 18.2. The number of piperidine rings is 1. The maximum Gasteiger partial charge on any atom is 0.416 e. The number of hydrogen-bond donors (Lipinski definition) is 1. The molecule has 1 N–H and O–H groups in total. The predicted octanol–water partition coefficient (Wildman–Crippen LogP) is 6.62. The predicted molar refractivity (Wildman–Crippen MR) is 120 cm³/mol. The number of methoxy groups -OCH3 is 1. The summed E-state index contributed by atoms with van der Waals surface area (Å²) >= 11 is 6.24. The molecule has 2 aromatic rings. The summed E-state index contributed by atoms with van der Waals surface area (Å²) in [7, 11) is 1.65. The second kappa shape index (κ2) is 9.92. The highest BCUT2D eigenvalue weighted by atomic mass is 35.5. The van der Waals surface area contributed by atoms with Crippen LogP contribution in [0.15, 0.2) is 36.4 Å². The lowest BCUT2D eigenvalue weighted by molar-refractivity contribution is -0.137. The molecule has 1 saturated carbocycles. The normalized spacial score (nSPS) is 22.2. The van der Waals surface area contributed by atoms with Gasteiger partial charge in [-0.3, -0.25) is 0 Å². The van der Waals surface area contributed by atoms with Crippen LogP contribution >= 0.6 is 11.6 Å². The Hall–Kier alpha value is -1.92. The molecule has 3 nitrogen and oxygen atoms in total. The summed E-state index contributed by atoms with van der Waals surface area (Å²) < 4.78 is 51.1. The largest absolute Gasteiger partial charge is 0.493 e. The van der Waals surface area contributed by atoms with E-state index in [-0.39, 0.29) is 17.9 Å². The average molecular weight is 468 g/mol. The van der Waals surface area contributed by atoms with Gasteiger partial charge >= 0.3 is 6.18 Å². The number of ether oxygens (including phenoxy) is 2. The quantitative estimate of drug-likeness (QED) is 0.517. The Bertz CT molecular complexity index is 928. The number of nitrogens with one attached hydrogen (secondary N) is 1. The van der Waals surface area contributed by atoms with Crippen LogP contribution in [0.25, 0.3) is 0 Å². The summed E-state index contributed by atoms with van der Waals surface area (Å²) in [6.07, 6.45) is 1.77. The van der Waals surface area contributed by atoms with Gasteiger partial charge in [-0.05, 0) is 98.4 Å². The molecule has 7 heteroatoms. The first-order valence-electron chi connectivity index (χ1n) is 11.2. The minimum atomic E-state index is -4.37. The van der Waals surface area contributed by atoms with Gasteiger partial charge in [0.25, 0.3) is 0 Å². The first kappa shape index (κ1) is 23.2. The van der Waals surface area contributed by atoms with Crippen molar-refractivity contribution in [2.45, 2.75) is 56.7 Å². The Kier molecular flexibility index (Phi) is 7.21. The molecule has 0 spiro atoms. The average Bonchev–Trinajstić information content (AvgIpc) is 3.28. The Labute approximate surface area is 192 Å². The minimum Gasteiger partial charge on any atom is -0.493 e.